The van der Waals surface area contributed by atoms with Crippen molar-refractivity contribution in [1.29, 1.82) is 0 Å². The molecule has 0 saturated heterocycles. The fourth-order valence-electron chi connectivity index (χ4n) is 3.51. The second-order valence-electron chi connectivity index (χ2n) is 6.46. The van der Waals surface area contributed by atoms with Gasteiger partial charge in [-0.1, -0.05) is 29.8 Å². The molecule has 0 aromatic heterocycles. The summed E-state index contributed by atoms with van der Waals surface area (Å²) in [4.78, 5) is 0. The van der Waals surface area contributed by atoms with Crippen molar-refractivity contribution in [2.45, 2.75) is 69.6 Å². The van der Waals surface area contributed by atoms with Gasteiger partial charge in [-0.3, -0.25) is 0 Å². The van der Waals surface area contributed by atoms with E-state index in [9.17, 15) is 5.11 Å². The van der Waals surface area contributed by atoms with Gasteiger partial charge in [0.15, 0.2) is 0 Å². The van der Waals surface area contributed by atoms with Crippen LogP contribution in [0.5, 0.6) is 0 Å². The highest BCUT2D eigenvalue weighted by atomic mass is 16.3. The highest BCUT2D eigenvalue weighted by Crippen LogP contribution is 2.37. The Labute approximate surface area is 116 Å². The second kappa shape index (κ2) is 5.64. The molecule has 2 heteroatoms. The molecule has 0 spiro atoms. The molecular formula is C17H25NO. The monoisotopic (exact) mass is 259 g/mol. The Hall–Kier alpha value is -0.860. The highest BCUT2D eigenvalue weighted by Gasteiger charge is 2.32. The SMILES string of the molecule is Cc1ccc(C2CC(NC3CCCC(O)C3)C2)cc1. The van der Waals surface area contributed by atoms with Gasteiger partial charge in [-0.2, -0.15) is 0 Å². The highest BCUT2D eigenvalue weighted by molar-refractivity contribution is 5.26. The van der Waals surface area contributed by atoms with Crippen LogP contribution in [-0.4, -0.2) is 23.3 Å². The molecule has 3 rings (SSSR count). The van der Waals surface area contributed by atoms with E-state index in [-0.39, 0.29) is 6.10 Å². The molecule has 2 fully saturated rings. The molecule has 104 valence electrons. The maximum Gasteiger partial charge on any atom is 0.0555 e. The Morgan fingerprint density at radius 2 is 1.74 bits per heavy atom. The van der Waals surface area contributed by atoms with Gasteiger partial charge in [0, 0.05) is 12.1 Å². The number of aliphatic hydroxyl groups excluding tert-OH is 1. The quantitative estimate of drug-likeness (QED) is 0.874. The number of rotatable bonds is 3. The predicted molar refractivity (Wildman–Crippen MR) is 78.3 cm³/mol. The van der Waals surface area contributed by atoms with Gasteiger partial charge in [-0.15, -0.1) is 0 Å². The van der Waals surface area contributed by atoms with Crippen LogP contribution in [-0.2, 0) is 0 Å². The largest absolute Gasteiger partial charge is 0.393 e. The third kappa shape index (κ3) is 3.18. The van der Waals surface area contributed by atoms with Crippen LogP contribution in [0.15, 0.2) is 24.3 Å². The molecule has 0 amide bonds. The third-order valence-electron chi connectivity index (χ3n) is 4.80. The molecule has 2 unspecified atom stereocenters. The lowest BCUT2D eigenvalue weighted by atomic mass is 9.75. The topological polar surface area (TPSA) is 32.3 Å². The lowest BCUT2D eigenvalue weighted by molar-refractivity contribution is 0.102. The van der Waals surface area contributed by atoms with Gasteiger partial charge >= 0.3 is 0 Å². The molecule has 0 aliphatic heterocycles. The van der Waals surface area contributed by atoms with Gasteiger partial charge in [0.1, 0.15) is 0 Å². The van der Waals surface area contributed by atoms with E-state index >= 15 is 0 Å². The minimum absolute atomic E-state index is 0.0702. The zero-order chi connectivity index (χ0) is 13.2. The summed E-state index contributed by atoms with van der Waals surface area (Å²) < 4.78 is 0. The van der Waals surface area contributed by atoms with E-state index in [1.807, 2.05) is 0 Å². The van der Waals surface area contributed by atoms with Crippen LogP contribution >= 0.6 is 0 Å². The summed E-state index contributed by atoms with van der Waals surface area (Å²) in [6, 6.07) is 10.2. The normalized spacial score (nSPS) is 34.8. The Morgan fingerprint density at radius 1 is 1.00 bits per heavy atom. The fraction of sp³-hybridized carbons (Fsp3) is 0.647. The molecule has 1 aromatic rings. The van der Waals surface area contributed by atoms with Crippen molar-refractivity contribution < 1.29 is 5.11 Å². The molecule has 0 bridgehead atoms. The number of aryl methyl sites for hydroxylation is 1. The van der Waals surface area contributed by atoms with Crippen LogP contribution in [0.1, 0.15) is 55.6 Å². The molecule has 19 heavy (non-hydrogen) atoms. The Kier molecular flexibility index (Phi) is 3.90. The number of hydrogen-bond donors (Lipinski definition) is 2. The first-order valence-corrected chi connectivity index (χ1v) is 7.71. The van der Waals surface area contributed by atoms with Crippen molar-refractivity contribution in [2.24, 2.45) is 0 Å². The number of hydrogen-bond acceptors (Lipinski definition) is 2. The number of benzene rings is 1. The first-order chi connectivity index (χ1) is 9.20. The van der Waals surface area contributed by atoms with Gasteiger partial charge in [0.05, 0.1) is 6.10 Å². The van der Waals surface area contributed by atoms with Crippen molar-refractivity contribution in [3.63, 3.8) is 0 Å². The summed E-state index contributed by atoms with van der Waals surface area (Å²) in [7, 11) is 0. The van der Waals surface area contributed by atoms with Crippen molar-refractivity contribution in [2.75, 3.05) is 0 Å². The maximum absolute atomic E-state index is 9.70. The van der Waals surface area contributed by atoms with Gasteiger partial charge in [0.2, 0.25) is 0 Å². The smallest absolute Gasteiger partial charge is 0.0555 e. The van der Waals surface area contributed by atoms with E-state index in [0.717, 1.165) is 18.8 Å². The van der Waals surface area contributed by atoms with Crippen molar-refractivity contribution >= 4 is 0 Å². The minimum Gasteiger partial charge on any atom is -0.393 e. The lowest BCUT2D eigenvalue weighted by Gasteiger charge is -2.40. The first-order valence-electron chi connectivity index (χ1n) is 7.71. The fourth-order valence-corrected chi connectivity index (χ4v) is 3.51. The average Bonchev–Trinajstić information content (AvgIpc) is 2.35. The number of nitrogens with one attached hydrogen (secondary N) is 1. The van der Waals surface area contributed by atoms with E-state index in [1.165, 1.54) is 36.8 Å². The Bertz CT molecular complexity index is 408. The molecule has 1 aromatic carbocycles. The van der Waals surface area contributed by atoms with Crippen LogP contribution in [0.25, 0.3) is 0 Å². The summed E-state index contributed by atoms with van der Waals surface area (Å²) in [5.74, 6) is 0.742. The lowest BCUT2D eigenvalue weighted by Crippen LogP contribution is -2.47. The summed E-state index contributed by atoms with van der Waals surface area (Å²) in [5.41, 5.74) is 2.83. The molecule has 2 atom stereocenters. The minimum atomic E-state index is -0.0702. The second-order valence-corrected chi connectivity index (χ2v) is 6.46. The summed E-state index contributed by atoms with van der Waals surface area (Å²) >= 11 is 0. The van der Waals surface area contributed by atoms with Crippen LogP contribution in [0.2, 0.25) is 0 Å². The average molecular weight is 259 g/mol. The molecule has 2 aliphatic rings. The molecule has 2 saturated carbocycles. The predicted octanol–water partition coefficient (Wildman–Crippen LogP) is 3.13. The van der Waals surface area contributed by atoms with Gasteiger partial charge in [-0.25, -0.2) is 0 Å². The van der Waals surface area contributed by atoms with Crippen molar-refractivity contribution in [1.82, 2.24) is 5.32 Å². The molecule has 2 nitrogen and oxygen atoms in total. The van der Waals surface area contributed by atoms with Crippen LogP contribution < -0.4 is 5.32 Å². The van der Waals surface area contributed by atoms with Gasteiger partial charge in [-0.05, 0) is 56.9 Å². The van der Waals surface area contributed by atoms with Crippen LogP contribution in [0, 0.1) is 6.92 Å². The summed E-state index contributed by atoms with van der Waals surface area (Å²) in [6.07, 6.45) is 6.81. The summed E-state index contributed by atoms with van der Waals surface area (Å²) in [6.45, 7) is 2.14. The maximum atomic E-state index is 9.70. The van der Waals surface area contributed by atoms with Crippen LogP contribution in [0.3, 0.4) is 0 Å². The first kappa shape index (κ1) is 13.1. The zero-order valence-electron chi connectivity index (χ0n) is 11.8. The molecule has 2 aliphatic carbocycles. The van der Waals surface area contributed by atoms with Gasteiger partial charge < -0.3 is 10.4 Å². The number of aliphatic hydroxyl groups is 1. The van der Waals surface area contributed by atoms with E-state index in [0.29, 0.717) is 12.1 Å². The van der Waals surface area contributed by atoms with E-state index in [4.69, 9.17) is 0 Å². The van der Waals surface area contributed by atoms with Crippen molar-refractivity contribution in [3.8, 4) is 0 Å². The Balaban J connectivity index is 1.46. The zero-order valence-corrected chi connectivity index (χ0v) is 11.8. The molecule has 0 radical (unpaired) electrons. The standard InChI is InChI=1S/C17H25NO/c1-12-5-7-13(8-6-12)14-9-16(10-14)18-15-3-2-4-17(19)11-15/h5-8,14-19H,2-4,9-11H2,1H3. The third-order valence-corrected chi connectivity index (χ3v) is 4.80. The molecular weight excluding hydrogens is 234 g/mol. The molecule has 0 heterocycles. The van der Waals surface area contributed by atoms with E-state index in [1.54, 1.807) is 0 Å². The Morgan fingerprint density at radius 3 is 2.42 bits per heavy atom. The molecule has 2 N–H and O–H groups in total. The van der Waals surface area contributed by atoms with E-state index in [2.05, 4.69) is 36.5 Å². The van der Waals surface area contributed by atoms with E-state index < -0.39 is 0 Å². The summed E-state index contributed by atoms with van der Waals surface area (Å²) in [5, 5.41) is 13.4. The van der Waals surface area contributed by atoms with Gasteiger partial charge in [0.25, 0.3) is 0 Å². The van der Waals surface area contributed by atoms with Crippen molar-refractivity contribution in [3.05, 3.63) is 35.4 Å². The van der Waals surface area contributed by atoms with Crippen LogP contribution in [0.4, 0.5) is 0 Å².